The molecule has 0 fully saturated rings. The third-order valence-corrected chi connectivity index (χ3v) is 2.85. The van der Waals surface area contributed by atoms with Gasteiger partial charge in [-0.2, -0.15) is 0 Å². The molecule has 1 unspecified atom stereocenters. The van der Waals surface area contributed by atoms with Crippen LogP contribution in [-0.2, 0) is 9.53 Å². The summed E-state index contributed by atoms with van der Waals surface area (Å²) in [6.07, 6.45) is 9.10. The van der Waals surface area contributed by atoms with Gasteiger partial charge in [-0.05, 0) is 39.2 Å². The first-order chi connectivity index (χ1) is 7.77. The van der Waals surface area contributed by atoms with Gasteiger partial charge >= 0.3 is 5.97 Å². The predicted molar refractivity (Wildman–Crippen MR) is 65.3 cm³/mol. The van der Waals surface area contributed by atoms with Crippen molar-refractivity contribution in [3.05, 3.63) is 12.2 Å². The molecule has 0 N–H and O–H groups in total. The molecule has 92 valence electrons. The second-order valence-electron chi connectivity index (χ2n) is 4.20. The molecule has 3 nitrogen and oxygen atoms in total. The standard InChI is InChI=1S/C13H23NO2/c1-3-10-14(11-13(15)16-4-2)12-8-6-5-7-9-12/h6,8,12H,3-5,7,9-11H2,1-2H3. The Labute approximate surface area is 98.5 Å². The minimum atomic E-state index is -0.102. The number of hydrogen-bond acceptors (Lipinski definition) is 3. The lowest BCUT2D eigenvalue weighted by Gasteiger charge is -2.30. The minimum absolute atomic E-state index is 0.102. The molecule has 0 aromatic carbocycles. The zero-order valence-corrected chi connectivity index (χ0v) is 10.4. The zero-order valence-electron chi connectivity index (χ0n) is 10.4. The van der Waals surface area contributed by atoms with Crippen LogP contribution in [0.15, 0.2) is 12.2 Å². The molecule has 0 heterocycles. The summed E-state index contributed by atoms with van der Waals surface area (Å²) in [7, 11) is 0. The van der Waals surface area contributed by atoms with Crippen molar-refractivity contribution in [1.29, 1.82) is 0 Å². The van der Waals surface area contributed by atoms with Gasteiger partial charge in [0.25, 0.3) is 0 Å². The molecule has 0 saturated carbocycles. The molecule has 0 bridgehead atoms. The van der Waals surface area contributed by atoms with Crippen molar-refractivity contribution in [1.82, 2.24) is 4.90 Å². The van der Waals surface area contributed by atoms with E-state index in [9.17, 15) is 4.79 Å². The first kappa shape index (κ1) is 13.2. The van der Waals surface area contributed by atoms with E-state index < -0.39 is 0 Å². The Morgan fingerprint density at radius 1 is 1.50 bits per heavy atom. The van der Waals surface area contributed by atoms with Crippen LogP contribution in [0.25, 0.3) is 0 Å². The fraction of sp³-hybridized carbons (Fsp3) is 0.769. The van der Waals surface area contributed by atoms with Crippen LogP contribution >= 0.6 is 0 Å². The summed E-state index contributed by atoms with van der Waals surface area (Å²) in [5.74, 6) is -0.102. The lowest BCUT2D eigenvalue weighted by molar-refractivity contribution is -0.144. The highest BCUT2D eigenvalue weighted by Gasteiger charge is 2.19. The van der Waals surface area contributed by atoms with E-state index in [0.717, 1.165) is 19.4 Å². The second kappa shape index (κ2) is 7.44. The summed E-state index contributed by atoms with van der Waals surface area (Å²) in [4.78, 5) is 13.7. The van der Waals surface area contributed by atoms with E-state index in [-0.39, 0.29) is 5.97 Å². The molecule has 0 radical (unpaired) electrons. The molecule has 3 heteroatoms. The number of hydrogen-bond donors (Lipinski definition) is 0. The third kappa shape index (κ3) is 4.35. The highest BCUT2D eigenvalue weighted by atomic mass is 16.5. The predicted octanol–water partition coefficient (Wildman–Crippen LogP) is 2.37. The summed E-state index contributed by atoms with van der Waals surface area (Å²) < 4.78 is 5.00. The van der Waals surface area contributed by atoms with E-state index in [1.54, 1.807) is 0 Å². The van der Waals surface area contributed by atoms with Gasteiger partial charge in [-0.3, -0.25) is 9.69 Å². The zero-order chi connectivity index (χ0) is 11.8. The first-order valence-corrected chi connectivity index (χ1v) is 6.34. The van der Waals surface area contributed by atoms with Gasteiger partial charge in [0, 0.05) is 6.04 Å². The number of carbonyl (C=O) groups is 1. The largest absolute Gasteiger partial charge is 0.465 e. The fourth-order valence-electron chi connectivity index (χ4n) is 2.12. The van der Waals surface area contributed by atoms with Crippen LogP contribution in [0.1, 0.15) is 39.5 Å². The Balaban J connectivity index is 2.48. The Bertz CT molecular complexity index is 238. The number of allylic oxidation sites excluding steroid dienone is 1. The normalized spacial score (nSPS) is 20.1. The monoisotopic (exact) mass is 225 g/mol. The number of carbonyl (C=O) groups excluding carboxylic acids is 1. The Hall–Kier alpha value is -0.830. The summed E-state index contributed by atoms with van der Waals surface area (Å²) in [5, 5.41) is 0. The SMILES string of the molecule is CCCN(CC(=O)OCC)C1C=CCCC1. The smallest absolute Gasteiger partial charge is 0.320 e. The van der Waals surface area contributed by atoms with Crippen LogP contribution < -0.4 is 0 Å². The van der Waals surface area contributed by atoms with Crippen molar-refractivity contribution >= 4 is 5.97 Å². The second-order valence-corrected chi connectivity index (χ2v) is 4.20. The van der Waals surface area contributed by atoms with Crippen LogP contribution in [0.4, 0.5) is 0 Å². The molecule has 0 aromatic rings. The van der Waals surface area contributed by atoms with Crippen molar-refractivity contribution < 1.29 is 9.53 Å². The Morgan fingerprint density at radius 3 is 2.88 bits per heavy atom. The average molecular weight is 225 g/mol. The molecule has 0 aliphatic heterocycles. The molecule has 0 amide bonds. The van der Waals surface area contributed by atoms with Gasteiger partial charge in [0.15, 0.2) is 0 Å². The van der Waals surface area contributed by atoms with Gasteiger partial charge in [0.2, 0.25) is 0 Å². The van der Waals surface area contributed by atoms with Crippen molar-refractivity contribution in [2.75, 3.05) is 19.7 Å². The van der Waals surface area contributed by atoms with Crippen LogP contribution in [0.5, 0.6) is 0 Å². The van der Waals surface area contributed by atoms with E-state index in [1.807, 2.05) is 6.92 Å². The van der Waals surface area contributed by atoms with Crippen molar-refractivity contribution in [2.24, 2.45) is 0 Å². The van der Waals surface area contributed by atoms with Gasteiger partial charge < -0.3 is 4.74 Å². The number of nitrogens with zero attached hydrogens (tertiary/aromatic N) is 1. The van der Waals surface area contributed by atoms with Gasteiger partial charge in [-0.1, -0.05) is 19.1 Å². The Kier molecular flexibility index (Phi) is 6.16. The van der Waals surface area contributed by atoms with Crippen molar-refractivity contribution in [3.63, 3.8) is 0 Å². The fourth-order valence-corrected chi connectivity index (χ4v) is 2.12. The molecular weight excluding hydrogens is 202 g/mol. The number of esters is 1. The van der Waals surface area contributed by atoms with Crippen molar-refractivity contribution in [2.45, 2.75) is 45.6 Å². The van der Waals surface area contributed by atoms with Crippen LogP contribution in [0, 0.1) is 0 Å². The van der Waals surface area contributed by atoms with Gasteiger partial charge in [0.05, 0.1) is 13.2 Å². The molecule has 0 saturated heterocycles. The highest BCUT2D eigenvalue weighted by molar-refractivity contribution is 5.71. The topological polar surface area (TPSA) is 29.5 Å². The lowest BCUT2D eigenvalue weighted by Crippen LogP contribution is -2.39. The minimum Gasteiger partial charge on any atom is -0.465 e. The molecule has 1 aliphatic carbocycles. The number of ether oxygens (including phenoxy) is 1. The van der Waals surface area contributed by atoms with E-state index in [1.165, 1.54) is 12.8 Å². The van der Waals surface area contributed by atoms with E-state index >= 15 is 0 Å². The quantitative estimate of drug-likeness (QED) is 0.513. The molecule has 1 aliphatic rings. The van der Waals surface area contributed by atoms with Crippen LogP contribution in [0.2, 0.25) is 0 Å². The lowest BCUT2D eigenvalue weighted by atomic mass is 10.0. The van der Waals surface area contributed by atoms with Gasteiger partial charge in [-0.15, -0.1) is 0 Å². The van der Waals surface area contributed by atoms with Crippen LogP contribution in [0.3, 0.4) is 0 Å². The van der Waals surface area contributed by atoms with Crippen LogP contribution in [-0.4, -0.2) is 36.6 Å². The van der Waals surface area contributed by atoms with E-state index in [0.29, 0.717) is 19.2 Å². The molecule has 0 spiro atoms. The molecule has 16 heavy (non-hydrogen) atoms. The summed E-state index contributed by atoms with van der Waals surface area (Å²) in [6, 6.07) is 0.429. The molecular formula is C13H23NO2. The molecule has 1 atom stereocenters. The molecule has 0 aromatic heterocycles. The van der Waals surface area contributed by atoms with E-state index in [4.69, 9.17) is 4.74 Å². The first-order valence-electron chi connectivity index (χ1n) is 6.34. The van der Waals surface area contributed by atoms with Gasteiger partial charge in [0.1, 0.15) is 0 Å². The summed E-state index contributed by atoms with van der Waals surface area (Å²) in [6.45, 7) is 5.86. The number of rotatable bonds is 6. The maximum Gasteiger partial charge on any atom is 0.320 e. The van der Waals surface area contributed by atoms with Gasteiger partial charge in [-0.25, -0.2) is 0 Å². The Morgan fingerprint density at radius 2 is 2.31 bits per heavy atom. The maximum atomic E-state index is 11.5. The maximum absolute atomic E-state index is 11.5. The molecule has 1 rings (SSSR count). The third-order valence-electron chi connectivity index (χ3n) is 2.85. The van der Waals surface area contributed by atoms with E-state index in [2.05, 4.69) is 24.0 Å². The highest BCUT2D eigenvalue weighted by Crippen LogP contribution is 2.16. The summed E-state index contributed by atoms with van der Waals surface area (Å²) in [5.41, 5.74) is 0. The summed E-state index contributed by atoms with van der Waals surface area (Å²) >= 11 is 0. The van der Waals surface area contributed by atoms with Crippen molar-refractivity contribution in [3.8, 4) is 0 Å². The average Bonchev–Trinajstić information content (AvgIpc) is 2.30.